The first-order valence-corrected chi connectivity index (χ1v) is 6.68. The molecule has 2 aromatic carbocycles. The molecule has 3 N–H and O–H groups in total. The Morgan fingerprint density at radius 1 is 1.05 bits per heavy atom. The van der Waals surface area contributed by atoms with Crippen LogP contribution in [0.2, 0.25) is 0 Å². The molecule has 0 aliphatic heterocycles. The van der Waals surface area contributed by atoms with E-state index in [1.807, 2.05) is 54.6 Å². The SMILES string of the molecule is Cc1nc2ccccc2c(Nc2ccccc2)c1C(N)=O. The number of pyridine rings is 1. The van der Waals surface area contributed by atoms with Gasteiger partial charge in [-0.25, -0.2) is 0 Å². The van der Waals surface area contributed by atoms with Crippen LogP contribution in [0.3, 0.4) is 0 Å². The van der Waals surface area contributed by atoms with Gasteiger partial charge in [0.1, 0.15) is 0 Å². The molecule has 0 saturated heterocycles. The van der Waals surface area contributed by atoms with Gasteiger partial charge in [0.2, 0.25) is 0 Å². The Labute approximate surface area is 122 Å². The average Bonchev–Trinajstić information content (AvgIpc) is 2.47. The van der Waals surface area contributed by atoms with Gasteiger partial charge in [0.05, 0.1) is 22.5 Å². The molecule has 0 radical (unpaired) electrons. The number of nitrogens with two attached hydrogens (primary N) is 1. The molecule has 0 saturated carbocycles. The lowest BCUT2D eigenvalue weighted by atomic mass is 10.1. The van der Waals surface area contributed by atoms with Crippen molar-refractivity contribution in [1.82, 2.24) is 4.98 Å². The third-order valence-corrected chi connectivity index (χ3v) is 3.36. The van der Waals surface area contributed by atoms with E-state index in [2.05, 4.69) is 10.3 Å². The molecule has 104 valence electrons. The van der Waals surface area contributed by atoms with Crippen molar-refractivity contribution in [2.75, 3.05) is 5.32 Å². The number of aromatic nitrogens is 1. The molecule has 0 fully saturated rings. The summed E-state index contributed by atoms with van der Waals surface area (Å²) in [7, 11) is 0. The van der Waals surface area contributed by atoms with Gasteiger partial charge in [0, 0.05) is 11.1 Å². The van der Waals surface area contributed by atoms with Gasteiger partial charge in [-0.2, -0.15) is 0 Å². The molecule has 0 bridgehead atoms. The van der Waals surface area contributed by atoms with Crippen LogP contribution in [0.1, 0.15) is 16.1 Å². The maximum atomic E-state index is 11.8. The van der Waals surface area contributed by atoms with E-state index in [1.54, 1.807) is 6.92 Å². The fraction of sp³-hybridized carbons (Fsp3) is 0.0588. The second-order valence-corrected chi connectivity index (χ2v) is 4.82. The van der Waals surface area contributed by atoms with Crippen LogP contribution in [-0.4, -0.2) is 10.9 Å². The maximum absolute atomic E-state index is 11.8. The number of aryl methyl sites for hydroxylation is 1. The fourth-order valence-electron chi connectivity index (χ4n) is 2.43. The Morgan fingerprint density at radius 2 is 1.71 bits per heavy atom. The number of carbonyl (C=O) groups is 1. The summed E-state index contributed by atoms with van der Waals surface area (Å²) in [5.41, 5.74) is 9.03. The molecule has 21 heavy (non-hydrogen) atoms. The Bertz CT molecular complexity index is 813. The number of rotatable bonds is 3. The first-order chi connectivity index (χ1) is 10.2. The van der Waals surface area contributed by atoms with Gasteiger partial charge in [0.25, 0.3) is 5.91 Å². The molecule has 3 aromatic rings. The van der Waals surface area contributed by atoms with Crippen molar-refractivity contribution in [1.29, 1.82) is 0 Å². The predicted molar refractivity (Wildman–Crippen MR) is 84.7 cm³/mol. The first-order valence-electron chi connectivity index (χ1n) is 6.68. The average molecular weight is 277 g/mol. The van der Waals surface area contributed by atoms with Gasteiger partial charge >= 0.3 is 0 Å². The fourth-order valence-corrected chi connectivity index (χ4v) is 2.43. The van der Waals surface area contributed by atoms with Crippen LogP contribution in [0.4, 0.5) is 11.4 Å². The van der Waals surface area contributed by atoms with Crippen molar-refractivity contribution in [3.8, 4) is 0 Å². The van der Waals surface area contributed by atoms with E-state index >= 15 is 0 Å². The van der Waals surface area contributed by atoms with Gasteiger partial charge in [-0.05, 0) is 25.1 Å². The number of nitrogens with one attached hydrogen (secondary N) is 1. The molecule has 1 amide bonds. The molecule has 3 rings (SSSR count). The molecule has 4 nitrogen and oxygen atoms in total. The van der Waals surface area contributed by atoms with Crippen LogP contribution in [0.5, 0.6) is 0 Å². The third-order valence-electron chi connectivity index (χ3n) is 3.36. The molecule has 4 heteroatoms. The van der Waals surface area contributed by atoms with Crippen molar-refractivity contribution in [3.63, 3.8) is 0 Å². The summed E-state index contributed by atoms with van der Waals surface area (Å²) in [6.45, 7) is 1.79. The summed E-state index contributed by atoms with van der Waals surface area (Å²) in [5.74, 6) is -0.482. The monoisotopic (exact) mass is 277 g/mol. The second kappa shape index (κ2) is 5.25. The molecule has 0 atom stereocenters. The number of anilines is 2. The van der Waals surface area contributed by atoms with Crippen molar-refractivity contribution >= 4 is 28.2 Å². The highest BCUT2D eigenvalue weighted by molar-refractivity contribution is 6.08. The second-order valence-electron chi connectivity index (χ2n) is 4.82. The molecular formula is C17H15N3O. The molecule has 1 heterocycles. The van der Waals surface area contributed by atoms with Crippen LogP contribution in [0.15, 0.2) is 54.6 Å². The van der Waals surface area contributed by atoms with Crippen LogP contribution in [0.25, 0.3) is 10.9 Å². The molecule has 0 aliphatic rings. The molecule has 0 aliphatic carbocycles. The highest BCUT2D eigenvalue weighted by Gasteiger charge is 2.16. The first kappa shape index (κ1) is 13.1. The molecule has 0 unspecified atom stereocenters. The van der Waals surface area contributed by atoms with Crippen LogP contribution in [0, 0.1) is 6.92 Å². The van der Waals surface area contributed by atoms with Gasteiger partial charge in [0.15, 0.2) is 0 Å². The zero-order valence-electron chi connectivity index (χ0n) is 11.6. The van der Waals surface area contributed by atoms with E-state index in [4.69, 9.17) is 5.73 Å². The zero-order valence-corrected chi connectivity index (χ0v) is 11.6. The van der Waals surface area contributed by atoms with E-state index in [0.717, 1.165) is 16.6 Å². The highest BCUT2D eigenvalue weighted by atomic mass is 16.1. The Kier molecular flexibility index (Phi) is 3.28. The normalized spacial score (nSPS) is 10.5. The largest absolute Gasteiger partial charge is 0.365 e. The minimum atomic E-state index is -0.482. The molecular weight excluding hydrogens is 262 g/mol. The van der Waals surface area contributed by atoms with Crippen molar-refractivity contribution < 1.29 is 4.79 Å². The van der Waals surface area contributed by atoms with Gasteiger partial charge < -0.3 is 11.1 Å². The summed E-state index contributed by atoms with van der Waals surface area (Å²) in [6, 6.07) is 17.4. The summed E-state index contributed by atoms with van der Waals surface area (Å²) in [4.78, 5) is 16.3. The number of amides is 1. The maximum Gasteiger partial charge on any atom is 0.252 e. The number of hydrogen-bond acceptors (Lipinski definition) is 3. The number of nitrogens with zero attached hydrogens (tertiary/aromatic N) is 1. The molecule has 0 spiro atoms. The van der Waals surface area contributed by atoms with Crippen molar-refractivity contribution in [3.05, 3.63) is 65.9 Å². The van der Waals surface area contributed by atoms with E-state index in [9.17, 15) is 4.79 Å². The van der Waals surface area contributed by atoms with Crippen molar-refractivity contribution in [2.24, 2.45) is 5.73 Å². The van der Waals surface area contributed by atoms with Gasteiger partial charge in [-0.15, -0.1) is 0 Å². The minimum Gasteiger partial charge on any atom is -0.365 e. The predicted octanol–water partition coefficient (Wildman–Crippen LogP) is 3.39. The van der Waals surface area contributed by atoms with Gasteiger partial charge in [-0.3, -0.25) is 9.78 Å². The standard InChI is InChI=1S/C17H15N3O/c1-11-15(17(18)21)16(20-12-7-3-2-4-8-12)13-9-5-6-10-14(13)19-11/h2-10H,1H3,(H2,18,21)(H,19,20). The highest BCUT2D eigenvalue weighted by Crippen LogP contribution is 2.30. The number of fused-ring (bicyclic) bond motifs is 1. The quantitative estimate of drug-likeness (QED) is 0.771. The van der Waals surface area contributed by atoms with Gasteiger partial charge in [-0.1, -0.05) is 36.4 Å². The third kappa shape index (κ3) is 2.43. The lowest BCUT2D eigenvalue weighted by Gasteiger charge is -2.15. The van der Waals surface area contributed by atoms with Crippen LogP contribution < -0.4 is 11.1 Å². The van der Waals surface area contributed by atoms with Crippen LogP contribution in [-0.2, 0) is 0 Å². The lowest BCUT2D eigenvalue weighted by molar-refractivity contribution is 0.100. The lowest BCUT2D eigenvalue weighted by Crippen LogP contribution is -2.16. The summed E-state index contributed by atoms with van der Waals surface area (Å²) in [5, 5.41) is 4.17. The number of primary amides is 1. The minimum absolute atomic E-state index is 0.428. The Morgan fingerprint density at radius 3 is 2.43 bits per heavy atom. The van der Waals surface area contributed by atoms with E-state index in [0.29, 0.717) is 16.9 Å². The molecule has 1 aromatic heterocycles. The summed E-state index contributed by atoms with van der Waals surface area (Å²) < 4.78 is 0. The number of benzene rings is 2. The van der Waals surface area contributed by atoms with E-state index in [1.165, 1.54) is 0 Å². The number of carbonyl (C=O) groups excluding carboxylic acids is 1. The zero-order chi connectivity index (χ0) is 14.8. The summed E-state index contributed by atoms with van der Waals surface area (Å²) in [6.07, 6.45) is 0. The van der Waals surface area contributed by atoms with Crippen LogP contribution >= 0.6 is 0 Å². The van der Waals surface area contributed by atoms with E-state index in [-0.39, 0.29) is 0 Å². The topological polar surface area (TPSA) is 68.0 Å². The van der Waals surface area contributed by atoms with Crippen molar-refractivity contribution in [2.45, 2.75) is 6.92 Å². The van der Waals surface area contributed by atoms with E-state index < -0.39 is 5.91 Å². The Balaban J connectivity index is 2.26. The summed E-state index contributed by atoms with van der Waals surface area (Å²) >= 11 is 0. The Hall–Kier alpha value is -2.88. The smallest absolute Gasteiger partial charge is 0.252 e. The number of hydrogen-bond donors (Lipinski definition) is 2. The number of para-hydroxylation sites is 2.